The van der Waals surface area contributed by atoms with Crippen LogP contribution in [0.1, 0.15) is 6.42 Å². The molecule has 0 N–H and O–H groups in total. The molecule has 1 amide bonds. The van der Waals surface area contributed by atoms with Crippen LogP contribution in [0.4, 0.5) is 5.82 Å². The summed E-state index contributed by atoms with van der Waals surface area (Å²) in [5.74, 6) is 1.45. The van der Waals surface area contributed by atoms with E-state index in [1.54, 1.807) is 23.2 Å². The van der Waals surface area contributed by atoms with E-state index in [4.69, 9.17) is 11.6 Å². The molecule has 1 aliphatic rings. The van der Waals surface area contributed by atoms with E-state index < -0.39 is 0 Å². The van der Waals surface area contributed by atoms with Gasteiger partial charge in [-0.05, 0) is 18.1 Å². The van der Waals surface area contributed by atoms with E-state index in [1.807, 2.05) is 0 Å². The lowest BCUT2D eigenvalue weighted by molar-refractivity contribution is -0.117. The van der Waals surface area contributed by atoms with Crippen molar-refractivity contribution in [2.75, 3.05) is 17.3 Å². The van der Waals surface area contributed by atoms with Gasteiger partial charge >= 0.3 is 0 Å². The molecule has 0 bridgehead atoms. The fourth-order valence-electron chi connectivity index (χ4n) is 1.54. The van der Waals surface area contributed by atoms with Crippen LogP contribution in [-0.4, -0.2) is 28.5 Å². The van der Waals surface area contributed by atoms with Crippen LogP contribution in [0.2, 0.25) is 0 Å². The van der Waals surface area contributed by atoms with Gasteiger partial charge in [-0.15, -0.1) is 16.7 Å². The number of carbonyl (C=O) groups is 1. The second-order valence-electron chi connectivity index (χ2n) is 3.31. The second kappa shape index (κ2) is 3.92. The quantitative estimate of drug-likeness (QED) is 0.688. The Labute approximate surface area is 86.9 Å². The van der Waals surface area contributed by atoms with Gasteiger partial charge in [0.05, 0.1) is 0 Å². The molecule has 0 saturated carbocycles. The summed E-state index contributed by atoms with van der Waals surface area (Å²) >= 11 is 5.71. The fraction of sp³-hybridized carbons (Fsp3) is 0.444. The van der Waals surface area contributed by atoms with Gasteiger partial charge in [0.15, 0.2) is 5.82 Å². The Hall–Kier alpha value is -1.16. The van der Waals surface area contributed by atoms with Gasteiger partial charge in [0.25, 0.3) is 0 Å². The zero-order chi connectivity index (χ0) is 9.97. The lowest BCUT2D eigenvalue weighted by atomic mass is 10.1. The normalized spacial score (nSPS) is 21.6. The molecule has 74 valence electrons. The maximum atomic E-state index is 11.5. The van der Waals surface area contributed by atoms with Crippen molar-refractivity contribution in [3.8, 4) is 0 Å². The molecule has 0 radical (unpaired) electrons. The van der Waals surface area contributed by atoms with Gasteiger partial charge in [-0.3, -0.25) is 9.69 Å². The minimum Gasteiger partial charge on any atom is -0.295 e. The number of hydrogen-bond acceptors (Lipinski definition) is 3. The molecular formula is C9H10ClN3O. The monoisotopic (exact) mass is 211 g/mol. The number of anilines is 1. The van der Waals surface area contributed by atoms with Crippen molar-refractivity contribution in [2.45, 2.75) is 6.42 Å². The topological polar surface area (TPSA) is 46.1 Å². The predicted molar refractivity (Wildman–Crippen MR) is 53.2 cm³/mol. The zero-order valence-electron chi connectivity index (χ0n) is 7.56. The third kappa shape index (κ3) is 1.70. The van der Waals surface area contributed by atoms with Crippen LogP contribution in [0.3, 0.4) is 0 Å². The van der Waals surface area contributed by atoms with Crippen LogP contribution in [-0.2, 0) is 4.79 Å². The number of rotatable bonds is 2. The first-order chi connectivity index (χ1) is 6.81. The summed E-state index contributed by atoms with van der Waals surface area (Å²) in [4.78, 5) is 13.2. The van der Waals surface area contributed by atoms with Crippen molar-refractivity contribution in [1.82, 2.24) is 10.2 Å². The molecule has 0 aromatic carbocycles. The van der Waals surface area contributed by atoms with Crippen molar-refractivity contribution in [3.63, 3.8) is 0 Å². The number of alkyl halides is 1. The van der Waals surface area contributed by atoms with Gasteiger partial charge < -0.3 is 0 Å². The molecule has 1 aromatic rings. The zero-order valence-corrected chi connectivity index (χ0v) is 8.31. The average molecular weight is 212 g/mol. The molecule has 2 heterocycles. The highest BCUT2D eigenvalue weighted by atomic mass is 35.5. The summed E-state index contributed by atoms with van der Waals surface area (Å²) in [5, 5.41) is 7.63. The lowest BCUT2D eigenvalue weighted by Crippen LogP contribution is -2.25. The van der Waals surface area contributed by atoms with E-state index in [-0.39, 0.29) is 11.8 Å². The molecule has 4 nitrogen and oxygen atoms in total. The van der Waals surface area contributed by atoms with E-state index in [0.29, 0.717) is 24.7 Å². The lowest BCUT2D eigenvalue weighted by Gasteiger charge is -2.13. The Kier molecular flexibility index (Phi) is 2.63. The number of aromatic nitrogens is 2. The van der Waals surface area contributed by atoms with Crippen molar-refractivity contribution < 1.29 is 4.79 Å². The summed E-state index contributed by atoms with van der Waals surface area (Å²) in [5.41, 5.74) is 0. The highest BCUT2D eigenvalue weighted by Gasteiger charge is 2.30. The smallest absolute Gasteiger partial charge is 0.228 e. The van der Waals surface area contributed by atoms with Crippen molar-refractivity contribution in [1.29, 1.82) is 0 Å². The Morgan fingerprint density at radius 3 is 3.07 bits per heavy atom. The molecule has 1 aromatic heterocycles. The summed E-state index contributed by atoms with van der Waals surface area (Å²) in [6, 6.07) is 3.55. The first-order valence-corrected chi connectivity index (χ1v) is 4.98. The third-order valence-corrected chi connectivity index (χ3v) is 2.69. The van der Waals surface area contributed by atoms with E-state index in [1.165, 1.54) is 0 Å². The highest BCUT2D eigenvalue weighted by molar-refractivity contribution is 6.18. The number of hydrogen-bond donors (Lipinski definition) is 0. The largest absolute Gasteiger partial charge is 0.295 e. The molecule has 2 rings (SSSR count). The first kappa shape index (κ1) is 9.40. The van der Waals surface area contributed by atoms with Crippen LogP contribution in [0.15, 0.2) is 18.3 Å². The van der Waals surface area contributed by atoms with E-state index in [9.17, 15) is 4.79 Å². The molecule has 14 heavy (non-hydrogen) atoms. The van der Waals surface area contributed by atoms with Crippen LogP contribution in [0, 0.1) is 5.92 Å². The predicted octanol–water partition coefficient (Wildman–Crippen LogP) is 1.07. The molecule has 0 aliphatic carbocycles. The second-order valence-corrected chi connectivity index (χ2v) is 3.62. The van der Waals surface area contributed by atoms with Gasteiger partial charge in [-0.25, -0.2) is 0 Å². The molecule has 1 aliphatic heterocycles. The SMILES string of the molecule is O=C1CC(CCl)CN1c1cccnn1. The van der Waals surface area contributed by atoms with Crippen molar-refractivity contribution in [2.24, 2.45) is 5.92 Å². The average Bonchev–Trinajstić information content (AvgIpc) is 2.61. The van der Waals surface area contributed by atoms with Crippen molar-refractivity contribution in [3.05, 3.63) is 18.3 Å². The number of amides is 1. The van der Waals surface area contributed by atoms with Gasteiger partial charge in [0.1, 0.15) is 0 Å². The van der Waals surface area contributed by atoms with Gasteiger partial charge in [-0.1, -0.05) is 0 Å². The maximum absolute atomic E-state index is 11.5. The molecule has 1 unspecified atom stereocenters. The molecule has 1 fully saturated rings. The van der Waals surface area contributed by atoms with Crippen molar-refractivity contribution >= 4 is 23.3 Å². The third-order valence-electron chi connectivity index (χ3n) is 2.26. The Morgan fingerprint density at radius 2 is 2.50 bits per heavy atom. The molecule has 1 atom stereocenters. The first-order valence-electron chi connectivity index (χ1n) is 4.45. The number of halogens is 1. The molecular weight excluding hydrogens is 202 g/mol. The van der Waals surface area contributed by atoms with Gasteiger partial charge in [0.2, 0.25) is 5.91 Å². The number of carbonyl (C=O) groups excluding carboxylic acids is 1. The molecule has 1 saturated heterocycles. The van der Waals surface area contributed by atoms with E-state index >= 15 is 0 Å². The van der Waals surface area contributed by atoms with E-state index in [2.05, 4.69) is 10.2 Å². The van der Waals surface area contributed by atoms with Crippen LogP contribution in [0.5, 0.6) is 0 Å². The van der Waals surface area contributed by atoms with Crippen LogP contribution in [0.25, 0.3) is 0 Å². The molecule has 5 heteroatoms. The standard InChI is InChI=1S/C9H10ClN3O/c10-5-7-4-9(14)13(6-7)8-2-1-3-11-12-8/h1-3,7H,4-6H2. The summed E-state index contributed by atoms with van der Waals surface area (Å²) in [7, 11) is 0. The number of nitrogens with zero attached hydrogens (tertiary/aromatic N) is 3. The minimum absolute atomic E-state index is 0.0798. The Balaban J connectivity index is 2.17. The van der Waals surface area contributed by atoms with Crippen LogP contribution >= 0.6 is 11.6 Å². The Bertz CT molecular complexity index is 330. The summed E-state index contributed by atoms with van der Waals surface area (Å²) < 4.78 is 0. The summed E-state index contributed by atoms with van der Waals surface area (Å²) in [6.07, 6.45) is 2.10. The fourth-order valence-corrected chi connectivity index (χ4v) is 1.75. The maximum Gasteiger partial charge on any atom is 0.228 e. The molecule has 0 spiro atoms. The minimum atomic E-state index is 0.0798. The van der Waals surface area contributed by atoms with Gasteiger partial charge in [0, 0.05) is 25.0 Å². The van der Waals surface area contributed by atoms with E-state index in [0.717, 1.165) is 0 Å². The summed E-state index contributed by atoms with van der Waals surface area (Å²) in [6.45, 7) is 0.654. The highest BCUT2D eigenvalue weighted by Crippen LogP contribution is 2.23. The van der Waals surface area contributed by atoms with Crippen LogP contribution < -0.4 is 4.90 Å². The van der Waals surface area contributed by atoms with Gasteiger partial charge in [-0.2, -0.15) is 5.10 Å². The Morgan fingerprint density at radius 1 is 1.64 bits per heavy atom.